The first-order valence-corrected chi connectivity index (χ1v) is 26.6. The monoisotopic (exact) mass is 1340 g/mol. The van der Waals surface area contributed by atoms with E-state index in [0.717, 1.165) is 22.4 Å². The molecule has 1 aliphatic heterocycles. The van der Waals surface area contributed by atoms with Crippen LogP contribution in [0.5, 0.6) is 0 Å². The zero-order valence-electron chi connectivity index (χ0n) is 47.2. The summed E-state index contributed by atoms with van der Waals surface area (Å²) >= 11 is 11.6. The predicted molar refractivity (Wildman–Crippen MR) is 315 cm³/mol. The number of amides is 5. The van der Waals surface area contributed by atoms with Gasteiger partial charge in [0.15, 0.2) is 46.0 Å². The summed E-state index contributed by atoms with van der Waals surface area (Å²) in [6.07, 6.45) is 8.58. The van der Waals surface area contributed by atoms with Crippen LogP contribution in [-0.2, 0) is 16.1 Å². The van der Waals surface area contributed by atoms with Gasteiger partial charge in [-0.15, -0.1) is 41.2 Å². The average Bonchev–Trinajstić information content (AvgIpc) is 1.81. The SMILES string of the molecule is C#Cc1ccc(C(=O)O)c(NC(=O)c2cc(N)c3nnnn3n2)c1.COC(=O)c1cc(F)c(F)cc1NC(=O)c1ccc2nccn2n1.O=C(Nc1cc(F)c(F)cc1C(=O)O)c1ccc2nnnn2n1.O=C1CCn2nc(C(=O)Nc3cc(Cl)c(Cl)cc3C(=O)O)nc2N1. The van der Waals surface area contributed by atoms with Crippen molar-refractivity contribution in [2.24, 2.45) is 0 Å². The van der Waals surface area contributed by atoms with Gasteiger partial charge in [-0.1, -0.05) is 29.1 Å². The molecule has 0 bridgehead atoms. The van der Waals surface area contributed by atoms with Gasteiger partial charge < -0.3 is 47.1 Å². The molecule has 0 radical (unpaired) electrons. The first kappa shape index (κ1) is 65.9. The first-order valence-electron chi connectivity index (χ1n) is 25.9. The number of ether oxygens (including phenoxy) is 1. The lowest BCUT2D eigenvalue weighted by atomic mass is 10.1. The molecule has 0 spiro atoms. The van der Waals surface area contributed by atoms with Crippen molar-refractivity contribution in [3.63, 3.8) is 0 Å². The van der Waals surface area contributed by atoms with Crippen molar-refractivity contribution >= 4 is 128 Å². The molecule has 480 valence electrons. The molecule has 8 heterocycles. The highest BCUT2D eigenvalue weighted by Gasteiger charge is 2.26. The fraction of sp³-hybridized carbons (Fsp3) is 0.0556. The van der Waals surface area contributed by atoms with Crippen LogP contribution in [0.4, 0.5) is 51.9 Å². The molecule has 0 fully saturated rings. The molecule has 0 atom stereocenters. The summed E-state index contributed by atoms with van der Waals surface area (Å²) in [5.41, 5.74) is 5.24. The maximum Gasteiger partial charge on any atom is 0.340 e. The van der Waals surface area contributed by atoms with Gasteiger partial charge in [0, 0.05) is 36.5 Å². The van der Waals surface area contributed by atoms with E-state index in [2.05, 4.69) is 98.7 Å². The Morgan fingerprint density at radius 1 is 0.621 bits per heavy atom. The van der Waals surface area contributed by atoms with Gasteiger partial charge in [0.25, 0.3) is 23.6 Å². The Kier molecular flexibility index (Phi) is 19.5. The van der Waals surface area contributed by atoms with Crippen LogP contribution < -0.4 is 32.3 Å². The molecule has 11 aromatic rings. The van der Waals surface area contributed by atoms with Crippen molar-refractivity contribution in [3.8, 4) is 12.3 Å². The number of terminal acetylenes is 1. The fourth-order valence-electron chi connectivity index (χ4n) is 7.91. The van der Waals surface area contributed by atoms with E-state index in [-0.39, 0.29) is 96.3 Å². The molecule has 0 saturated heterocycles. The van der Waals surface area contributed by atoms with Crippen LogP contribution in [0.25, 0.3) is 16.9 Å². The minimum Gasteiger partial charge on any atom is -0.478 e. The van der Waals surface area contributed by atoms with Crippen LogP contribution >= 0.6 is 23.2 Å². The van der Waals surface area contributed by atoms with Gasteiger partial charge in [-0.2, -0.15) is 10.1 Å². The van der Waals surface area contributed by atoms with Crippen molar-refractivity contribution in [2.75, 3.05) is 39.4 Å². The third-order valence-electron chi connectivity index (χ3n) is 12.4. The molecule has 12 rings (SSSR count). The number of rotatable bonds is 12. The molecule has 7 aromatic heterocycles. The van der Waals surface area contributed by atoms with Crippen molar-refractivity contribution in [1.82, 2.24) is 79.9 Å². The van der Waals surface area contributed by atoms with E-state index in [4.69, 9.17) is 40.5 Å². The van der Waals surface area contributed by atoms with Gasteiger partial charge in [0.05, 0.1) is 74.4 Å². The standard InChI is InChI=1S/C15H10F2N4O3.C14H9N7O3.C13H9Cl2N5O4.C12H6F2N6O3/c1-24-15(23)8-6-9(16)10(17)7-12(8)19-14(22)11-2-3-13-18-4-5-21(13)20-11;1-2-7-3-4-8(14(23)24)10(5-7)16-13(22)11-6-9(15)12-17-19-20-21(12)18-11;14-6-3-5(12(23)24)8(4-7(6)15)16-11(22)10-18-13-17-9(21)1-2-20(13)19-10;13-6-3-5(12(22)23)9(4-7(6)14)15-11(21)8-1-2-10-16-18-19-20(10)17-8/h2-7H,1H3,(H,19,22);1,3-6H,15H2,(H,16,22)(H,23,24);3-4H,1-2H2,(H,16,22)(H,23,24)(H,17,18,19,21);1-4H,(H,15,21)(H,22,23). The van der Waals surface area contributed by atoms with Crippen LogP contribution in [0.3, 0.4) is 0 Å². The maximum absolute atomic E-state index is 13.4. The molecule has 0 saturated carbocycles. The molecule has 0 unspecified atom stereocenters. The number of nitrogen functional groups attached to an aromatic ring is 1. The largest absolute Gasteiger partial charge is 0.478 e. The van der Waals surface area contributed by atoms with Crippen molar-refractivity contribution in [1.29, 1.82) is 0 Å². The summed E-state index contributed by atoms with van der Waals surface area (Å²) < 4.78 is 62.4. The Morgan fingerprint density at radius 3 is 1.81 bits per heavy atom. The Balaban J connectivity index is 0.000000149. The maximum atomic E-state index is 13.4. The first-order chi connectivity index (χ1) is 45.3. The number of tetrazole rings is 2. The number of carbonyl (C=O) groups is 9. The zero-order valence-corrected chi connectivity index (χ0v) is 48.7. The lowest BCUT2D eigenvalue weighted by Gasteiger charge is -2.11. The summed E-state index contributed by atoms with van der Waals surface area (Å²) in [6.45, 7) is 0.300. The number of fused-ring (bicyclic) bond motifs is 4. The number of aromatic nitrogens is 16. The van der Waals surface area contributed by atoms with E-state index in [0.29, 0.717) is 47.7 Å². The number of esters is 1. The highest BCUT2D eigenvalue weighted by atomic mass is 35.5. The lowest BCUT2D eigenvalue weighted by Crippen LogP contribution is -2.23. The van der Waals surface area contributed by atoms with Crippen LogP contribution in [0.2, 0.25) is 10.0 Å². The van der Waals surface area contributed by atoms with E-state index in [9.17, 15) is 70.9 Å². The van der Waals surface area contributed by atoms with Crippen LogP contribution in [0.15, 0.2) is 97.3 Å². The van der Waals surface area contributed by atoms with E-state index in [1.54, 1.807) is 12.3 Å². The second-order valence-electron chi connectivity index (χ2n) is 18.5. The Labute approximate surface area is 532 Å². The Bertz CT molecular complexity index is 5040. The number of nitrogens with zero attached hydrogens (tertiary/aromatic N) is 16. The minimum absolute atomic E-state index is 0.000971. The van der Waals surface area contributed by atoms with Gasteiger partial charge >= 0.3 is 23.9 Å². The average molecular weight is 1350 g/mol. The van der Waals surface area contributed by atoms with Crippen LogP contribution in [0.1, 0.15) is 95.5 Å². The second kappa shape index (κ2) is 28.1. The third kappa shape index (κ3) is 15.2. The topological polar surface area (TPSA) is 483 Å². The molecular weight excluding hydrogens is 1310 g/mol. The quantitative estimate of drug-likeness (QED) is 0.0454. The highest BCUT2D eigenvalue weighted by Crippen LogP contribution is 2.30. The van der Waals surface area contributed by atoms with Gasteiger partial charge in [-0.05, 0) is 93.6 Å². The number of carbonyl (C=O) groups excluding carboxylic acids is 6. The molecular formula is C54H34Cl2F4N22O13. The zero-order chi connectivity index (χ0) is 68.5. The summed E-state index contributed by atoms with van der Waals surface area (Å²) in [6, 6.07) is 15.9. The number of methoxy groups -OCH3 is 1. The molecule has 95 heavy (non-hydrogen) atoms. The number of anilines is 6. The molecule has 41 heteroatoms. The number of benzene rings is 4. The summed E-state index contributed by atoms with van der Waals surface area (Å²) in [4.78, 5) is 113. The molecule has 0 aliphatic carbocycles. The summed E-state index contributed by atoms with van der Waals surface area (Å²) in [7, 11) is 1.09. The van der Waals surface area contributed by atoms with E-state index in [1.807, 2.05) is 0 Å². The summed E-state index contributed by atoms with van der Waals surface area (Å²) in [5, 5.41) is 76.1. The Morgan fingerprint density at radius 2 is 1.16 bits per heavy atom. The number of carboxylic acid groups (broad SMARTS) is 3. The number of carboxylic acids is 3. The lowest BCUT2D eigenvalue weighted by molar-refractivity contribution is -0.117. The van der Waals surface area contributed by atoms with Crippen LogP contribution in [-0.4, -0.2) is 156 Å². The van der Waals surface area contributed by atoms with Crippen molar-refractivity contribution in [3.05, 3.63) is 181 Å². The molecule has 10 N–H and O–H groups in total. The number of imidazole rings is 1. The number of aryl methyl sites for hydroxylation is 1. The molecule has 1 aliphatic rings. The minimum atomic E-state index is -1.52. The van der Waals surface area contributed by atoms with Crippen LogP contribution in [0, 0.1) is 35.6 Å². The highest BCUT2D eigenvalue weighted by molar-refractivity contribution is 6.42. The molecule has 4 aromatic carbocycles. The third-order valence-corrected chi connectivity index (χ3v) is 13.1. The van der Waals surface area contributed by atoms with Gasteiger partial charge in [0.2, 0.25) is 23.3 Å². The fourth-order valence-corrected chi connectivity index (χ4v) is 8.24. The van der Waals surface area contributed by atoms with Gasteiger partial charge in [-0.3, -0.25) is 29.3 Å². The van der Waals surface area contributed by atoms with E-state index >= 15 is 0 Å². The smallest absolute Gasteiger partial charge is 0.340 e. The number of aromatic carboxylic acids is 3. The van der Waals surface area contributed by atoms with Gasteiger partial charge in [-0.25, -0.2) is 50.9 Å². The molecule has 5 amide bonds. The second-order valence-corrected chi connectivity index (χ2v) is 19.3. The predicted octanol–water partition coefficient (Wildman–Crippen LogP) is 4.71. The van der Waals surface area contributed by atoms with Crippen molar-refractivity contribution < 1.29 is 80.8 Å². The number of nitrogens with one attached hydrogen (secondary N) is 5. The number of hydrogen-bond donors (Lipinski definition) is 9. The number of halogens is 6. The van der Waals surface area contributed by atoms with Crippen molar-refractivity contribution in [2.45, 2.75) is 13.0 Å². The van der Waals surface area contributed by atoms with E-state index in [1.165, 1.54) is 63.9 Å². The normalized spacial score (nSPS) is 11.2. The number of hydrogen-bond acceptors (Lipinski definition) is 23. The molecule has 35 nitrogen and oxygen atoms in total. The van der Waals surface area contributed by atoms with Gasteiger partial charge in [0.1, 0.15) is 5.69 Å². The summed E-state index contributed by atoms with van der Waals surface area (Å²) in [5.74, 6) is -10.9. The Hall–Kier alpha value is -13.5. The number of nitrogens with two attached hydrogens (primary N) is 1. The van der Waals surface area contributed by atoms with E-state index < -0.39 is 82.0 Å².